The maximum absolute atomic E-state index is 13.2. The minimum atomic E-state index is -0.311. The Labute approximate surface area is 209 Å². The van der Waals surface area contributed by atoms with E-state index in [-0.39, 0.29) is 35.1 Å². The fourth-order valence-electron chi connectivity index (χ4n) is 3.05. The molecule has 2 amide bonds. The molecule has 34 heavy (non-hydrogen) atoms. The number of thiophene rings is 1. The lowest BCUT2D eigenvalue weighted by atomic mass is 10.1. The average Bonchev–Trinajstić information content (AvgIpc) is 3.54. The molecule has 0 unspecified atom stereocenters. The lowest BCUT2D eigenvalue weighted by molar-refractivity contribution is -0.114. The summed E-state index contributed by atoms with van der Waals surface area (Å²) in [6, 6.07) is 10.5. The molecule has 0 radical (unpaired) electrons. The van der Waals surface area contributed by atoms with Crippen molar-refractivity contribution in [1.82, 2.24) is 5.16 Å². The van der Waals surface area contributed by atoms with Crippen LogP contribution in [0.25, 0.3) is 6.08 Å². The van der Waals surface area contributed by atoms with E-state index in [0.29, 0.717) is 21.6 Å². The Balaban J connectivity index is 1.55. The number of aromatic nitrogens is 1. The van der Waals surface area contributed by atoms with Crippen LogP contribution >= 0.6 is 34.7 Å². The molecule has 0 aliphatic carbocycles. The quantitative estimate of drug-likeness (QED) is 0.408. The van der Waals surface area contributed by atoms with Crippen molar-refractivity contribution in [3.63, 3.8) is 0 Å². The van der Waals surface area contributed by atoms with Gasteiger partial charge >= 0.3 is 0 Å². The smallest absolute Gasteiger partial charge is 0.283 e. The molecule has 1 aliphatic heterocycles. The van der Waals surface area contributed by atoms with E-state index < -0.39 is 0 Å². The Morgan fingerprint density at radius 1 is 1.35 bits per heavy atom. The van der Waals surface area contributed by atoms with E-state index in [1.165, 1.54) is 23.3 Å². The van der Waals surface area contributed by atoms with Crippen LogP contribution in [-0.4, -0.2) is 35.0 Å². The number of hydrogen-bond donors (Lipinski definition) is 1. The Kier molecular flexibility index (Phi) is 7.40. The molecule has 3 heterocycles. The molecule has 0 atom stereocenters. The number of nitrogens with zero attached hydrogens (tertiary/aromatic N) is 3. The minimum absolute atomic E-state index is 0.0104. The van der Waals surface area contributed by atoms with E-state index in [2.05, 4.69) is 15.5 Å². The molecule has 8 nitrogen and oxygen atoms in total. The van der Waals surface area contributed by atoms with Crippen LogP contribution in [0.15, 0.2) is 57.0 Å². The monoisotopic (exact) mass is 516 g/mol. The Hall–Kier alpha value is -3.08. The largest absolute Gasteiger partial charge is 0.495 e. The van der Waals surface area contributed by atoms with Gasteiger partial charge in [0.25, 0.3) is 5.91 Å². The van der Waals surface area contributed by atoms with Crippen LogP contribution in [0.5, 0.6) is 5.75 Å². The Morgan fingerprint density at radius 3 is 2.82 bits per heavy atom. The van der Waals surface area contributed by atoms with Crippen molar-refractivity contribution in [1.29, 1.82) is 0 Å². The van der Waals surface area contributed by atoms with Crippen molar-refractivity contribution in [3.8, 4) is 5.75 Å². The number of nitrogens with one attached hydrogen (secondary N) is 1. The molecule has 2 aromatic heterocycles. The van der Waals surface area contributed by atoms with E-state index in [4.69, 9.17) is 20.9 Å². The number of halogens is 1. The van der Waals surface area contributed by atoms with E-state index in [1.54, 1.807) is 30.3 Å². The van der Waals surface area contributed by atoms with Gasteiger partial charge in [-0.15, -0.1) is 11.3 Å². The van der Waals surface area contributed by atoms with Gasteiger partial charge in [0.2, 0.25) is 11.8 Å². The summed E-state index contributed by atoms with van der Waals surface area (Å²) in [6.45, 7) is 3.96. The number of thioether (sulfide) groups is 1. The van der Waals surface area contributed by atoms with Crippen LogP contribution in [0, 0.1) is 0 Å². The van der Waals surface area contributed by atoms with Gasteiger partial charge in [-0.1, -0.05) is 48.4 Å². The molecule has 0 bridgehead atoms. The van der Waals surface area contributed by atoms with E-state index >= 15 is 0 Å². The topological polar surface area (TPSA) is 97.0 Å². The van der Waals surface area contributed by atoms with E-state index in [0.717, 1.165) is 22.3 Å². The predicted octanol–water partition coefficient (Wildman–Crippen LogP) is 5.64. The molecular weight excluding hydrogens is 496 g/mol. The van der Waals surface area contributed by atoms with Gasteiger partial charge in [0.15, 0.2) is 5.17 Å². The van der Waals surface area contributed by atoms with E-state index in [9.17, 15) is 9.59 Å². The lowest BCUT2D eigenvalue weighted by Crippen LogP contribution is -2.31. The summed E-state index contributed by atoms with van der Waals surface area (Å²) < 4.78 is 10.4. The van der Waals surface area contributed by atoms with Crippen molar-refractivity contribution in [2.24, 2.45) is 4.99 Å². The van der Waals surface area contributed by atoms with Crippen molar-refractivity contribution in [2.45, 2.75) is 19.8 Å². The van der Waals surface area contributed by atoms with Crippen molar-refractivity contribution >= 4 is 69.3 Å². The van der Waals surface area contributed by atoms with Crippen molar-refractivity contribution in [2.75, 3.05) is 23.1 Å². The second kappa shape index (κ2) is 10.5. The Bertz CT molecular complexity index is 1270. The number of aliphatic imine (C=N–C) groups is 1. The summed E-state index contributed by atoms with van der Waals surface area (Å²) in [6.07, 6.45) is 1.72. The average molecular weight is 517 g/mol. The second-order valence-electron chi connectivity index (χ2n) is 7.51. The molecule has 3 aromatic rings. The summed E-state index contributed by atoms with van der Waals surface area (Å²) >= 11 is 8.93. The molecule has 1 aromatic carbocycles. The van der Waals surface area contributed by atoms with Gasteiger partial charge in [-0.25, -0.2) is 4.99 Å². The van der Waals surface area contributed by atoms with Crippen LogP contribution in [0.4, 0.5) is 11.6 Å². The van der Waals surface area contributed by atoms with Gasteiger partial charge in [0, 0.05) is 10.9 Å². The zero-order valence-corrected chi connectivity index (χ0v) is 21.0. The summed E-state index contributed by atoms with van der Waals surface area (Å²) in [7, 11) is 1.52. The number of ether oxygens (including phenoxy) is 1. The third-order valence-corrected chi connectivity index (χ3v) is 6.81. The zero-order chi connectivity index (χ0) is 24.2. The number of benzene rings is 1. The highest BCUT2D eigenvalue weighted by Gasteiger charge is 2.33. The molecule has 11 heteroatoms. The molecule has 0 saturated carbocycles. The third kappa shape index (κ3) is 5.35. The van der Waals surface area contributed by atoms with Crippen LogP contribution in [0.2, 0.25) is 5.02 Å². The second-order valence-corrected chi connectivity index (χ2v) is 9.84. The van der Waals surface area contributed by atoms with Crippen LogP contribution < -0.4 is 15.0 Å². The minimum Gasteiger partial charge on any atom is -0.495 e. The molecular formula is C23H21ClN4O4S2. The van der Waals surface area contributed by atoms with Gasteiger partial charge in [0.1, 0.15) is 11.4 Å². The molecule has 0 spiro atoms. The van der Waals surface area contributed by atoms with Gasteiger partial charge in [0.05, 0.1) is 29.3 Å². The first kappa shape index (κ1) is 24.1. The first-order valence-electron chi connectivity index (χ1n) is 10.3. The summed E-state index contributed by atoms with van der Waals surface area (Å²) in [4.78, 5) is 32.6. The van der Waals surface area contributed by atoms with Crippen LogP contribution in [0.3, 0.4) is 0 Å². The first-order chi connectivity index (χ1) is 16.4. The first-order valence-corrected chi connectivity index (χ1v) is 12.5. The Morgan fingerprint density at radius 2 is 2.18 bits per heavy atom. The fourth-order valence-corrected chi connectivity index (χ4v) is 4.76. The molecule has 176 valence electrons. The molecule has 0 saturated heterocycles. The van der Waals surface area contributed by atoms with Gasteiger partial charge in [-0.3, -0.25) is 19.8 Å². The van der Waals surface area contributed by atoms with Crippen LogP contribution in [-0.2, 0) is 9.59 Å². The van der Waals surface area contributed by atoms with Gasteiger partial charge < -0.3 is 9.26 Å². The number of carbonyl (C=O) groups excluding carboxylic acids is 2. The third-order valence-electron chi connectivity index (χ3n) is 4.76. The maximum Gasteiger partial charge on any atom is 0.283 e. The number of amides is 2. The SMILES string of the molecule is COc1ccc(N2C(=O)C(=Cc3cccs3)N=C2SCC(=O)Nc2cc(C(C)C)no2)cc1Cl. The normalized spacial score (nSPS) is 14.7. The van der Waals surface area contributed by atoms with Gasteiger partial charge in [-0.05, 0) is 41.6 Å². The van der Waals surface area contributed by atoms with Crippen molar-refractivity contribution in [3.05, 3.63) is 63.1 Å². The molecule has 4 rings (SSSR count). The summed E-state index contributed by atoms with van der Waals surface area (Å²) in [5, 5.41) is 9.26. The van der Waals surface area contributed by atoms with Crippen molar-refractivity contribution < 1.29 is 18.8 Å². The highest BCUT2D eigenvalue weighted by atomic mass is 35.5. The number of hydrogen-bond acceptors (Lipinski definition) is 8. The highest BCUT2D eigenvalue weighted by molar-refractivity contribution is 8.14. The molecule has 0 fully saturated rings. The number of amidine groups is 1. The number of rotatable bonds is 7. The number of anilines is 2. The van der Waals surface area contributed by atoms with E-state index in [1.807, 2.05) is 31.4 Å². The van der Waals surface area contributed by atoms with Crippen LogP contribution in [0.1, 0.15) is 30.3 Å². The zero-order valence-electron chi connectivity index (χ0n) is 18.6. The summed E-state index contributed by atoms with van der Waals surface area (Å²) in [5.41, 5.74) is 1.54. The number of methoxy groups -OCH3 is 1. The molecule has 1 N–H and O–H groups in total. The number of carbonyl (C=O) groups is 2. The predicted molar refractivity (Wildman–Crippen MR) is 137 cm³/mol. The highest BCUT2D eigenvalue weighted by Crippen LogP contribution is 2.34. The fraction of sp³-hybridized carbons (Fsp3) is 0.217. The standard InChI is InChI=1S/C23H21ClN4O4S2/c1-13(2)17-11-21(32-27-17)26-20(29)12-34-23-25-18(10-15-5-4-8-33-15)22(30)28(23)14-6-7-19(31-3)16(24)9-14/h4-11,13H,12H2,1-3H3,(H,26,29). The summed E-state index contributed by atoms with van der Waals surface area (Å²) in [5.74, 6) is 0.335. The van der Waals surface area contributed by atoms with Gasteiger partial charge in [-0.2, -0.15) is 0 Å². The maximum atomic E-state index is 13.2. The lowest BCUT2D eigenvalue weighted by Gasteiger charge is -2.18. The molecule has 1 aliphatic rings.